The molecule has 15 heteroatoms. The number of nitrogens with zero attached hydrogens (tertiary/aromatic N) is 1. The highest BCUT2D eigenvalue weighted by molar-refractivity contribution is 5.94. The van der Waals surface area contributed by atoms with Crippen LogP contribution < -0.4 is 38.9 Å². The van der Waals surface area contributed by atoms with E-state index in [1.54, 1.807) is 0 Å². The van der Waals surface area contributed by atoms with Gasteiger partial charge in [-0.05, 0) is 45.6 Å². The van der Waals surface area contributed by atoms with Crippen molar-refractivity contribution in [2.45, 2.75) is 69.6 Å². The van der Waals surface area contributed by atoms with Gasteiger partial charge < -0.3 is 49.1 Å². The van der Waals surface area contributed by atoms with Crippen molar-refractivity contribution in [2.24, 2.45) is 27.9 Å². The second-order valence-corrected chi connectivity index (χ2v) is 7.64. The molecular weight excluding hydrogens is 452 g/mol. The first kappa shape index (κ1) is 30.5. The summed E-state index contributed by atoms with van der Waals surface area (Å²) in [6.07, 6.45) is 0.653. The summed E-state index contributed by atoms with van der Waals surface area (Å²) in [5.74, 6) is -5.28. The van der Waals surface area contributed by atoms with Gasteiger partial charge in [-0.2, -0.15) is 0 Å². The third kappa shape index (κ3) is 13.2. The number of hydrogen-bond donors (Lipinski definition) is 9. The molecule has 0 bridgehead atoms. The van der Waals surface area contributed by atoms with Crippen molar-refractivity contribution in [3.8, 4) is 0 Å². The summed E-state index contributed by atoms with van der Waals surface area (Å²) >= 11 is 0. The summed E-state index contributed by atoms with van der Waals surface area (Å²) in [7, 11) is 0. The summed E-state index contributed by atoms with van der Waals surface area (Å²) in [4.78, 5) is 63.6. The lowest BCUT2D eigenvalue weighted by atomic mass is 10.1. The SMILES string of the molecule is CC(N)C(=O)NC(CCCN=C(N)N)C(=O)NC(CCCCN)C(=O)NC(CC(=O)O)C(=O)O. The maximum absolute atomic E-state index is 12.9. The maximum Gasteiger partial charge on any atom is 0.326 e. The van der Waals surface area contributed by atoms with Crippen LogP contribution in [0.3, 0.4) is 0 Å². The Labute approximate surface area is 197 Å². The Balaban J connectivity index is 5.50. The van der Waals surface area contributed by atoms with Crippen LogP contribution in [0, 0.1) is 0 Å². The Bertz CT molecular complexity index is 740. The van der Waals surface area contributed by atoms with Crippen molar-refractivity contribution in [3.05, 3.63) is 0 Å². The largest absolute Gasteiger partial charge is 0.481 e. The average Bonchev–Trinajstić information content (AvgIpc) is 2.73. The highest BCUT2D eigenvalue weighted by Gasteiger charge is 2.30. The zero-order valence-electron chi connectivity index (χ0n) is 19.2. The quantitative estimate of drug-likeness (QED) is 0.0550. The molecule has 15 nitrogen and oxygen atoms in total. The monoisotopic (exact) mass is 488 g/mol. The Morgan fingerprint density at radius 2 is 1.32 bits per heavy atom. The van der Waals surface area contributed by atoms with Crippen molar-refractivity contribution >= 4 is 35.6 Å². The molecule has 0 saturated carbocycles. The standard InChI is InChI=1S/C19H36N8O7/c1-10(21)15(30)25-12(6-4-8-24-19(22)23)16(31)26-11(5-2-3-7-20)17(32)27-13(18(33)34)9-14(28)29/h10-13H,2-9,20-21H2,1H3,(H,25,30)(H,26,31)(H,27,32)(H,28,29)(H,33,34)(H4,22,23,24). The molecule has 0 aliphatic rings. The van der Waals surface area contributed by atoms with Crippen LogP contribution in [0.25, 0.3) is 0 Å². The molecule has 0 radical (unpaired) electrons. The highest BCUT2D eigenvalue weighted by Crippen LogP contribution is 2.06. The molecule has 0 heterocycles. The number of nitrogens with two attached hydrogens (primary N) is 4. The minimum atomic E-state index is -1.69. The van der Waals surface area contributed by atoms with Crippen molar-refractivity contribution in [3.63, 3.8) is 0 Å². The predicted octanol–water partition coefficient (Wildman–Crippen LogP) is -3.47. The van der Waals surface area contributed by atoms with Gasteiger partial charge in [-0.3, -0.25) is 24.2 Å². The van der Waals surface area contributed by atoms with E-state index >= 15 is 0 Å². The minimum absolute atomic E-state index is 0.107. The van der Waals surface area contributed by atoms with Crippen LogP contribution in [-0.2, 0) is 24.0 Å². The third-order valence-electron chi connectivity index (χ3n) is 4.57. The summed E-state index contributed by atoms with van der Waals surface area (Å²) in [6, 6.07) is -4.86. The molecule has 194 valence electrons. The number of aliphatic carboxylic acids is 2. The van der Waals surface area contributed by atoms with Crippen LogP contribution in [-0.4, -0.2) is 83.1 Å². The van der Waals surface area contributed by atoms with Gasteiger partial charge in [0.25, 0.3) is 0 Å². The molecule has 0 aromatic carbocycles. The molecule has 0 aliphatic carbocycles. The van der Waals surface area contributed by atoms with Gasteiger partial charge in [0, 0.05) is 6.54 Å². The fourth-order valence-electron chi connectivity index (χ4n) is 2.76. The maximum atomic E-state index is 12.9. The van der Waals surface area contributed by atoms with E-state index < -0.39 is 60.2 Å². The van der Waals surface area contributed by atoms with Crippen molar-refractivity contribution in [2.75, 3.05) is 13.1 Å². The summed E-state index contributed by atoms with van der Waals surface area (Å²) in [6.45, 7) is 1.95. The number of rotatable bonds is 17. The number of amides is 3. The van der Waals surface area contributed by atoms with E-state index in [9.17, 15) is 29.1 Å². The summed E-state index contributed by atoms with van der Waals surface area (Å²) < 4.78 is 0. The van der Waals surface area contributed by atoms with Gasteiger partial charge in [0.1, 0.15) is 18.1 Å². The first-order valence-corrected chi connectivity index (χ1v) is 10.8. The Hall–Kier alpha value is -3.46. The van der Waals surface area contributed by atoms with Crippen LogP contribution in [0.4, 0.5) is 0 Å². The van der Waals surface area contributed by atoms with Gasteiger partial charge in [0.2, 0.25) is 17.7 Å². The Morgan fingerprint density at radius 3 is 1.76 bits per heavy atom. The number of aliphatic imine (C=N–C) groups is 1. The van der Waals surface area contributed by atoms with Crippen molar-refractivity contribution in [1.82, 2.24) is 16.0 Å². The van der Waals surface area contributed by atoms with Crippen molar-refractivity contribution < 1.29 is 34.2 Å². The third-order valence-corrected chi connectivity index (χ3v) is 4.57. The van der Waals surface area contributed by atoms with Gasteiger partial charge >= 0.3 is 11.9 Å². The molecule has 0 spiro atoms. The topological polar surface area (TPSA) is 278 Å². The zero-order valence-corrected chi connectivity index (χ0v) is 19.2. The second-order valence-electron chi connectivity index (χ2n) is 7.64. The fourth-order valence-corrected chi connectivity index (χ4v) is 2.76. The predicted molar refractivity (Wildman–Crippen MR) is 122 cm³/mol. The lowest BCUT2D eigenvalue weighted by molar-refractivity contribution is -0.147. The number of carbonyl (C=O) groups excluding carboxylic acids is 3. The van der Waals surface area contributed by atoms with Gasteiger partial charge in [-0.25, -0.2) is 4.79 Å². The van der Waals surface area contributed by atoms with E-state index in [-0.39, 0.29) is 25.3 Å². The number of unbranched alkanes of at least 4 members (excludes halogenated alkanes) is 1. The molecule has 4 unspecified atom stereocenters. The highest BCUT2D eigenvalue weighted by atomic mass is 16.4. The van der Waals surface area contributed by atoms with Gasteiger partial charge in [-0.1, -0.05) is 0 Å². The van der Waals surface area contributed by atoms with E-state index in [0.717, 1.165) is 0 Å². The number of guanidine groups is 1. The zero-order chi connectivity index (χ0) is 26.3. The second kappa shape index (κ2) is 16.2. The number of carboxylic acids is 2. The number of carboxylic acid groups (broad SMARTS) is 2. The molecule has 0 aliphatic heterocycles. The van der Waals surface area contributed by atoms with Crippen LogP contribution in [0.5, 0.6) is 0 Å². The molecule has 3 amide bonds. The molecule has 0 rings (SSSR count). The normalized spacial score (nSPS) is 14.1. The lowest BCUT2D eigenvalue weighted by Crippen LogP contribution is -2.57. The smallest absolute Gasteiger partial charge is 0.326 e. The van der Waals surface area contributed by atoms with Crippen LogP contribution in [0.2, 0.25) is 0 Å². The van der Waals surface area contributed by atoms with E-state index in [0.29, 0.717) is 25.8 Å². The molecule has 13 N–H and O–H groups in total. The number of carbonyl (C=O) groups is 5. The molecule has 0 aromatic rings. The molecule has 0 fully saturated rings. The first-order valence-electron chi connectivity index (χ1n) is 10.8. The Kier molecular flexibility index (Phi) is 14.6. The van der Waals surface area contributed by atoms with E-state index in [2.05, 4.69) is 20.9 Å². The van der Waals surface area contributed by atoms with Gasteiger partial charge in [0.15, 0.2) is 5.96 Å². The van der Waals surface area contributed by atoms with Crippen LogP contribution in [0.1, 0.15) is 45.4 Å². The molecular formula is C19H36N8O7. The molecule has 34 heavy (non-hydrogen) atoms. The van der Waals surface area contributed by atoms with Crippen molar-refractivity contribution in [1.29, 1.82) is 0 Å². The van der Waals surface area contributed by atoms with Gasteiger partial charge in [0.05, 0.1) is 12.5 Å². The van der Waals surface area contributed by atoms with E-state index in [1.807, 2.05) is 0 Å². The number of nitrogens with one attached hydrogen (secondary N) is 3. The molecule has 0 aromatic heterocycles. The average molecular weight is 489 g/mol. The van der Waals surface area contributed by atoms with Crippen LogP contribution >= 0.6 is 0 Å². The van der Waals surface area contributed by atoms with Crippen LogP contribution in [0.15, 0.2) is 4.99 Å². The minimum Gasteiger partial charge on any atom is -0.481 e. The molecule has 4 atom stereocenters. The fraction of sp³-hybridized carbons (Fsp3) is 0.684. The van der Waals surface area contributed by atoms with E-state index in [4.69, 9.17) is 28.0 Å². The Morgan fingerprint density at radius 1 is 0.824 bits per heavy atom. The first-order chi connectivity index (χ1) is 15.9. The summed E-state index contributed by atoms with van der Waals surface area (Å²) in [5.41, 5.74) is 21.6. The number of hydrogen-bond acceptors (Lipinski definition) is 8. The lowest BCUT2D eigenvalue weighted by Gasteiger charge is -2.24. The summed E-state index contributed by atoms with van der Waals surface area (Å²) in [5, 5.41) is 25.2. The van der Waals surface area contributed by atoms with E-state index in [1.165, 1.54) is 6.92 Å². The molecule has 0 saturated heterocycles. The van der Waals surface area contributed by atoms with Gasteiger partial charge in [-0.15, -0.1) is 0 Å².